The molecule has 1 heterocycles. The molecular weight excluding hydrogens is 297 g/mol. The fourth-order valence-electron chi connectivity index (χ4n) is 3.13. The van der Waals surface area contributed by atoms with E-state index in [2.05, 4.69) is 4.98 Å². The number of alkyl halides is 3. The van der Waals surface area contributed by atoms with E-state index in [-0.39, 0.29) is 12.8 Å². The lowest BCUT2D eigenvalue weighted by Gasteiger charge is -2.38. The number of hydrogen-bond donors (Lipinski definition) is 1. The van der Waals surface area contributed by atoms with E-state index in [0.29, 0.717) is 19.3 Å². The van der Waals surface area contributed by atoms with Gasteiger partial charge in [0.15, 0.2) is 0 Å². The SMILES string of the molecule is NC1(Cc2nc3ccccc3s2)CCCC(C(F)(F)F)C1. The third-order valence-electron chi connectivity index (χ3n) is 4.18. The second-order valence-electron chi connectivity index (χ2n) is 5.95. The van der Waals surface area contributed by atoms with Gasteiger partial charge < -0.3 is 5.73 Å². The Kier molecular flexibility index (Phi) is 3.69. The summed E-state index contributed by atoms with van der Waals surface area (Å²) in [5.41, 5.74) is 6.37. The highest BCUT2D eigenvalue weighted by molar-refractivity contribution is 7.18. The van der Waals surface area contributed by atoms with Crippen LogP contribution in [0.2, 0.25) is 0 Å². The lowest BCUT2D eigenvalue weighted by Crippen LogP contribution is -2.48. The maximum Gasteiger partial charge on any atom is 0.391 e. The van der Waals surface area contributed by atoms with Crippen molar-refractivity contribution in [2.45, 2.75) is 43.8 Å². The molecule has 6 heteroatoms. The van der Waals surface area contributed by atoms with E-state index < -0.39 is 17.6 Å². The molecule has 3 rings (SSSR count). The molecule has 0 spiro atoms. The zero-order valence-corrected chi connectivity index (χ0v) is 12.3. The van der Waals surface area contributed by atoms with Gasteiger partial charge in [0.05, 0.1) is 21.1 Å². The van der Waals surface area contributed by atoms with E-state index in [1.807, 2.05) is 24.3 Å². The highest BCUT2D eigenvalue weighted by Gasteiger charge is 2.46. The van der Waals surface area contributed by atoms with Gasteiger partial charge >= 0.3 is 6.18 Å². The summed E-state index contributed by atoms with van der Waals surface area (Å²) < 4.78 is 39.8. The Morgan fingerprint density at radius 2 is 2.10 bits per heavy atom. The van der Waals surface area contributed by atoms with Crippen LogP contribution in [-0.2, 0) is 6.42 Å². The summed E-state index contributed by atoms with van der Waals surface area (Å²) in [5, 5.41) is 0.835. The molecule has 1 fully saturated rings. The predicted molar refractivity (Wildman–Crippen MR) is 78.3 cm³/mol. The van der Waals surface area contributed by atoms with Crippen molar-refractivity contribution in [2.24, 2.45) is 11.7 Å². The minimum Gasteiger partial charge on any atom is -0.325 e. The molecular formula is C15H17F3N2S. The van der Waals surface area contributed by atoms with Crippen molar-refractivity contribution in [3.8, 4) is 0 Å². The summed E-state index contributed by atoms with van der Waals surface area (Å²) in [6.07, 6.45) is -2.34. The van der Waals surface area contributed by atoms with Crippen LogP contribution in [0.4, 0.5) is 13.2 Å². The predicted octanol–water partition coefficient (Wildman–Crippen LogP) is 4.29. The smallest absolute Gasteiger partial charge is 0.325 e. The van der Waals surface area contributed by atoms with Gasteiger partial charge in [-0.2, -0.15) is 13.2 Å². The Labute approximate surface area is 125 Å². The molecule has 0 bridgehead atoms. The number of nitrogens with two attached hydrogens (primary N) is 1. The van der Waals surface area contributed by atoms with Crippen molar-refractivity contribution in [3.63, 3.8) is 0 Å². The molecule has 1 aromatic carbocycles. The van der Waals surface area contributed by atoms with Crippen LogP contribution in [0.1, 0.15) is 30.7 Å². The number of thiazole rings is 1. The van der Waals surface area contributed by atoms with Gasteiger partial charge in [-0.05, 0) is 31.4 Å². The highest BCUT2D eigenvalue weighted by atomic mass is 32.1. The van der Waals surface area contributed by atoms with Crippen molar-refractivity contribution in [2.75, 3.05) is 0 Å². The fraction of sp³-hybridized carbons (Fsp3) is 0.533. The molecule has 2 aromatic rings. The zero-order chi connectivity index (χ0) is 15.1. The van der Waals surface area contributed by atoms with E-state index in [1.165, 1.54) is 11.3 Å². The van der Waals surface area contributed by atoms with Gasteiger partial charge in [-0.1, -0.05) is 18.6 Å². The molecule has 1 saturated carbocycles. The van der Waals surface area contributed by atoms with E-state index in [4.69, 9.17) is 5.73 Å². The lowest BCUT2D eigenvalue weighted by atomic mass is 9.74. The van der Waals surface area contributed by atoms with Crippen LogP contribution in [0.3, 0.4) is 0 Å². The molecule has 0 saturated heterocycles. The number of benzene rings is 1. The van der Waals surface area contributed by atoms with Crippen molar-refractivity contribution in [1.29, 1.82) is 0 Å². The Hall–Kier alpha value is -1.14. The maximum absolute atomic E-state index is 12.9. The second kappa shape index (κ2) is 5.25. The molecule has 1 aromatic heterocycles. The minimum atomic E-state index is -4.14. The zero-order valence-electron chi connectivity index (χ0n) is 11.5. The maximum atomic E-state index is 12.9. The largest absolute Gasteiger partial charge is 0.391 e. The average Bonchev–Trinajstić information content (AvgIpc) is 2.78. The summed E-state index contributed by atoms with van der Waals surface area (Å²) in [4.78, 5) is 4.50. The Bertz CT molecular complexity index is 604. The number of hydrogen-bond acceptors (Lipinski definition) is 3. The molecule has 1 aliphatic rings. The number of halogens is 3. The molecule has 0 aliphatic heterocycles. The van der Waals surface area contributed by atoms with Crippen molar-refractivity contribution in [1.82, 2.24) is 4.98 Å². The van der Waals surface area contributed by atoms with Crippen molar-refractivity contribution < 1.29 is 13.2 Å². The van der Waals surface area contributed by atoms with Crippen LogP contribution in [0.25, 0.3) is 10.2 Å². The first-order valence-electron chi connectivity index (χ1n) is 7.06. The van der Waals surface area contributed by atoms with Crippen LogP contribution in [0.5, 0.6) is 0 Å². The first-order valence-corrected chi connectivity index (χ1v) is 7.87. The molecule has 2 atom stereocenters. The Morgan fingerprint density at radius 1 is 1.33 bits per heavy atom. The van der Waals surface area contributed by atoms with E-state index in [1.54, 1.807) is 0 Å². The van der Waals surface area contributed by atoms with Crippen LogP contribution < -0.4 is 5.73 Å². The number of rotatable bonds is 2. The van der Waals surface area contributed by atoms with E-state index >= 15 is 0 Å². The molecule has 21 heavy (non-hydrogen) atoms. The van der Waals surface area contributed by atoms with Gasteiger partial charge in [-0.25, -0.2) is 4.98 Å². The first kappa shape index (κ1) is 14.8. The van der Waals surface area contributed by atoms with E-state index in [0.717, 1.165) is 15.2 Å². The van der Waals surface area contributed by atoms with Crippen LogP contribution in [0, 0.1) is 5.92 Å². The normalized spacial score (nSPS) is 27.1. The molecule has 0 radical (unpaired) electrons. The summed E-state index contributed by atoms with van der Waals surface area (Å²) in [6, 6.07) is 7.73. The molecule has 2 N–H and O–H groups in total. The van der Waals surface area contributed by atoms with Crippen LogP contribution in [-0.4, -0.2) is 16.7 Å². The summed E-state index contributed by atoms with van der Waals surface area (Å²) >= 11 is 1.53. The highest BCUT2D eigenvalue weighted by Crippen LogP contribution is 2.42. The van der Waals surface area contributed by atoms with Crippen molar-refractivity contribution in [3.05, 3.63) is 29.3 Å². The molecule has 0 amide bonds. The van der Waals surface area contributed by atoms with Gasteiger partial charge in [-0.15, -0.1) is 11.3 Å². The van der Waals surface area contributed by atoms with Gasteiger partial charge in [0.1, 0.15) is 0 Å². The van der Waals surface area contributed by atoms with Gasteiger partial charge in [0.2, 0.25) is 0 Å². The second-order valence-corrected chi connectivity index (χ2v) is 7.06. The lowest BCUT2D eigenvalue weighted by molar-refractivity contribution is -0.187. The minimum absolute atomic E-state index is 0.00637. The third-order valence-corrected chi connectivity index (χ3v) is 5.22. The van der Waals surface area contributed by atoms with Gasteiger partial charge in [-0.3, -0.25) is 0 Å². The standard InChI is InChI=1S/C15H17F3N2S/c16-15(17,18)10-4-3-7-14(19,8-10)9-13-20-11-5-1-2-6-12(11)21-13/h1-2,5-6,10H,3-4,7-9,19H2. The number of nitrogens with zero attached hydrogens (tertiary/aromatic N) is 1. The van der Waals surface area contributed by atoms with Crippen molar-refractivity contribution >= 4 is 21.6 Å². The number of aromatic nitrogens is 1. The quantitative estimate of drug-likeness (QED) is 0.898. The first-order chi connectivity index (χ1) is 9.86. The third kappa shape index (κ3) is 3.21. The van der Waals surface area contributed by atoms with E-state index in [9.17, 15) is 13.2 Å². The fourth-order valence-corrected chi connectivity index (χ4v) is 4.25. The van der Waals surface area contributed by atoms with Crippen LogP contribution >= 0.6 is 11.3 Å². The molecule has 2 nitrogen and oxygen atoms in total. The summed E-state index contributed by atoms with van der Waals surface area (Å²) in [6.45, 7) is 0. The molecule has 2 unspecified atom stereocenters. The van der Waals surface area contributed by atoms with Gasteiger partial charge in [0.25, 0.3) is 0 Å². The van der Waals surface area contributed by atoms with Gasteiger partial charge in [0, 0.05) is 12.0 Å². The molecule has 1 aliphatic carbocycles. The Morgan fingerprint density at radius 3 is 2.81 bits per heavy atom. The monoisotopic (exact) mass is 314 g/mol. The molecule has 114 valence electrons. The number of fused-ring (bicyclic) bond motifs is 1. The Balaban J connectivity index is 1.79. The summed E-state index contributed by atoms with van der Waals surface area (Å²) in [5.74, 6) is -1.27. The average molecular weight is 314 g/mol. The summed E-state index contributed by atoms with van der Waals surface area (Å²) in [7, 11) is 0. The topological polar surface area (TPSA) is 38.9 Å². The number of para-hydroxylation sites is 1. The van der Waals surface area contributed by atoms with Crippen LogP contribution in [0.15, 0.2) is 24.3 Å².